The number of benzene rings is 1. The number of piperidine rings is 1. The topological polar surface area (TPSA) is 77.3 Å². The van der Waals surface area contributed by atoms with Crippen LogP contribution in [0, 0.1) is 17.7 Å². The van der Waals surface area contributed by atoms with Gasteiger partial charge in [-0.3, -0.25) is 0 Å². The maximum atomic E-state index is 14.1. The molecule has 3 aliphatic rings. The van der Waals surface area contributed by atoms with Crippen molar-refractivity contribution in [3.63, 3.8) is 0 Å². The van der Waals surface area contributed by atoms with Gasteiger partial charge in [-0.1, -0.05) is 11.6 Å². The Bertz CT molecular complexity index is 1190. The summed E-state index contributed by atoms with van der Waals surface area (Å²) in [5.74, 6) is 2.52. The number of aryl methyl sites for hydroxylation is 1. The predicted molar refractivity (Wildman–Crippen MR) is 130 cm³/mol. The molecule has 2 bridgehead atoms. The maximum Gasteiger partial charge on any atom is 0.242 e. The number of ether oxygens (including phenoxy) is 2. The molecule has 1 N–H and O–H groups in total. The first-order chi connectivity index (χ1) is 17.1. The Hall–Kier alpha value is -2.91. The molecule has 1 unspecified atom stereocenters. The summed E-state index contributed by atoms with van der Waals surface area (Å²) in [4.78, 5) is 11.5. The van der Waals surface area contributed by atoms with Crippen molar-refractivity contribution in [2.24, 2.45) is 11.8 Å². The lowest BCUT2D eigenvalue weighted by molar-refractivity contribution is 0.0810. The zero-order chi connectivity index (χ0) is 23.9. The summed E-state index contributed by atoms with van der Waals surface area (Å²) in [6.07, 6.45) is 4.44. The minimum atomic E-state index is -0.506. The molecule has 8 nitrogen and oxygen atoms in total. The number of rotatable bonds is 5. The van der Waals surface area contributed by atoms with Gasteiger partial charge < -0.3 is 19.7 Å². The number of anilines is 2. The highest BCUT2D eigenvalue weighted by Crippen LogP contribution is 2.40. The lowest BCUT2D eigenvalue weighted by Gasteiger charge is -2.39. The zero-order valence-corrected chi connectivity index (χ0v) is 20.3. The number of aromatic nitrogens is 4. The fourth-order valence-corrected chi connectivity index (χ4v) is 5.99. The van der Waals surface area contributed by atoms with Crippen molar-refractivity contribution in [3.8, 4) is 5.88 Å². The summed E-state index contributed by atoms with van der Waals surface area (Å²) in [5, 5.41) is 8.76. The van der Waals surface area contributed by atoms with E-state index in [2.05, 4.69) is 15.2 Å². The molecule has 0 amide bonds. The van der Waals surface area contributed by atoms with Crippen LogP contribution >= 0.6 is 11.6 Å². The van der Waals surface area contributed by atoms with Gasteiger partial charge in [0.1, 0.15) is 11.9 Å². The summed E-state index contributed by atoms with van der Waals surface area (Å²) in [5.41, 5.74) is 1.80. The number of halogens is 2. The van der Waals surface area contributed by atoms with Crippen LogP contribution in [0.1, 0.15) is 36.8 Å². The van der Waals surface area contributed by atoms with Gasteiger partial charge in [-0.2, -0.15) is 4.98 Å². The third-order valence-electron chi connectivity index (χ3n) is 7.34. The van der Waals surface area contributed by atoms with Crippen molar-refractivity contribution >= 4 is 23.2 Å². The molecule has 0 radical (unpaired) electrons. The van der Waals surface area contributed by atoms with Crippen LogP contribution in [0.4, 0.5) is 16.0 Å². The number of fused-ring (bicyclic) bond motifs is 3. The van der Waals surface area contributed by atoms with Crippen LogP contribution in [0.25, 0.3) is 0 Å². The van der Waals surface area contributed by atoms with Gasteiger partial charge in [0.25, 0.3) is 0 Å². The number of methoxy groups -OCH3 is 1. The number of nitrogens with zero attached hydrogens (tertiary/aromatic N) is 5. The molecule has 184 valence electrons. The van der Waals surface area contributed by atoms with Crippen molar-refractivity contribution in [2.75, 3.05) is 37.0 Å². The molecular formula is C25H28ClFN6O2. The predicted octanol–water partition coefficient (Wildman–Crippen LogP) is 4.31. The van der Waals surface area contributed by atoms with E-state index in [0.29, 0.717) is 59.3 Å². The average Bonchev–Trinajstić information content (AvgIpc) is 3.25. The molecule has 0 spiro atoms. The SMILES string of the molecule is COc1cc(N2C[C@H]3CC[C@@H](C2)C3Nc2nc3n(n2)CCCO[C@@H]3c2cc(F)cc(Cl)c2)ccn1. The lowest BCUT2D eigenvalue weighted by atomic mass is 9.92. The molecule has 1 aliphatic carbocycles. The van der Waals surface area contributed by atoms with Gasteiger partial charge >= 0.3 is 0 Å². The van der Waals surface area contributed by atoms with E-state index in [1.165, 1.54) is 25.0 Å². The van der Waals surface area contributed by atoms with Gasteiger partial charge in [0.05, 0.1) is 7.11 Å². The summed E-state index contributed by atoms with van der Waals surface area (Å²) < 4.78 is 27.3. The van der Waals surface area contributed by atoms with Crippen LogP contribution < -0.4 is 15.0 Å². The lowest BCUT2D eigenvalue weighted by Crippen LogP contribution is -2.48. The molecule has 1 saturated carbocycles. The first-order valence-electron chi connectivity index (χ1n) is 12.1. The van der Waals surface area contributed by atoms with Crippen LogP contribution in [-0.4, -0.2) is 52.6 Å². The van der Waals surface area contributed by atoms with Gasteiger partial charge in [-0.05, 0) is 60.9 Å². The van der Waals surface area contributed by atoms with E-state index in [-0.39, 0.29) is 5.82 Å². The van der Waals surface area contributed by atoms with E-state index in [0.717, 1.165) is 25.2 Å². The second kappa shape index (κ2) is 9.28. The number of pyridine rings is 1. The van der Waals surface area contributed by atoms with Crippen molar-refractivity contribution in [1.29, 1.82) is 0 Å². The Balaban J connectivity index is 1.21. The van der Waals surface area contributed by atoms with Crippen molar-refractivity contribution in [1.82, 2.24) is 19.7 Å². The van der Waals surface area contributed by atoms with Gasteiger partial charge in [0.15, 0.2) is 5.82 Å². The molecule has 1 aromatic carbocycles. The monoisotopic (exact) mass is 498 g/mol. The molecule has 10 heteroatoms. The molecular weight excluding hydrogens is 471 g/mol. The third-order valence-corrected chi connectivity index (χ3v) is 7.56. The van der Waals surface area contributed by atoms with E-state index in [9.17, 15) is 4.39 Å². The van der Waals surface area contributed by atoms with E-state index >= 15 is 0 Å². The van der Waals surface area contributed by atoms with Crippen LogP contribution in [-0.2, 0) is 11.3 Å². The average molecular weight is 499 g/mol. The van der Waals surface area contributed by atoms with E-state index in [1.54, 1.807) is 19.4 Å². The highest BCUT2D eigenvalue weighted by Gasteiger charge is 2.43. The maximum absolute atomic E-state index is 14.1. The first kappa shape index (κ1) is 22.5. The normalized spacial score (nSPS) is 25.7. The first-order valence-corrected chi connectivity index (χ1v) is 12.5. The Kier molecular flexibility index (Phi) is 5.98. The van der Waals surface area contributed by atoms with Gasteiger partial charge in [-0.15, -0.1) is 5.10 Å². The molecule has 35 heavy (non-hydrogen) atoms. The van der Waals surface area contributed by atoms with E-state index in [1.807, 2.05) is 16.8 Å². The van der Waals surface area contributed by atoms with Crippen molar-refractivity contribution in [3.05, 3.63) is 58.8 Å². The van der Waals surface area contributed by atoms with E-state index < -0.39 is 6.10 Å². The minimum absolute atomic E-state index is 0.310. The fraction of sp³-hybridized carbons (Fsp3) is 0.480. The smallest absolute Gasteiger partial charge is 0.242 e. The molecule has 2 fully saturated rings. The summed E-state index contributed by atoms with van der Waals surface area (Å²) in [7, 11) is 1.64. The van der Waals surface area contributed by atoms with Gasteiger partial charge in [0, 0.05) is 55.3 Å². The quantitative estimate of drug-likeness (QED) is 0.561. The van der Waals surface area contributed by atoms with Crippen LogP contribution in [0.3, 0.4) is 0 Å². The largest absolute Gasteiger partial charge is 0.481 e. The molecule has 4 heterocycles. The Morgan fingerprint density at radius 1 is 1.17 bits per heavy atom. The number of nitrogens with one attached hydrogen (secondary N) is 1. The van der Waals surface area contributed by atoms with Crippen LogP contribution in [0.2, 0.25) is 5.02 Å². The highest BCUT2D eigenvalue weighted by molar-refractivity contribution is 6.30. The summed E-state index contributed by atoms with van der Waals surface area (Å²) in [6, 6.07) is 8.84. The number of hydrogen-bond donors (Lipinski definition) is 1. The van der Waals surface area contributed by atoms with Crippen LogP contribution in [0.15, 0.2) is 36.5 Å². The molecule has 2 aromatic heterocycles. The minimum Gasteiger partial charge on any atom is -0.481 e. The third kappa shape index (κ3) is 4.43. The van der Waals surface area contributed by atoms with Crippen LogP contribution in [0.5, 0.6) is 5.88 Å². The van der Waals surface area contributed by atoms with Crippen molar-refractivity contribution in [2.45, 2.75) is 38.0 Å². The number of hydrogen-bond acceptors (Lipinski definition) is 7. The molecule has 4 atom stereocenters. The molecule has 1 saturated heterocycles. The standard InChI is InChI=1S/C25H28ClFN6O2/c1-34-21-12-20(5-6-28-21)32-13-15-3-4-16(14-32)22(15)29-25-30-24-23(35-8-2-7-33(24)31-25)17-9-18(26)11-19(27)10-17/h5-6,9-12,15-16,22-23H,2-4,7-8,13-14H2,1H3,(H,29,31)/t15-,16+,22?,23-/m1/s1. The second-order valence-electron chi connectivity index (χ2n) is 9.55. The zero-order valence-electron chi connectivity index (χ0n) is 19.5. The summed E-state index contributed by atoms with van der Waals surface area (Å²) in [6.45, 7) is 3.18. The van der Waals surface area contributed by atoms with Crippen molar-refractivity contribution < 1.29 is 13.9 Å². The fourth-order valence-electron chi connectivity index (χ4n) is 5.76. The molecule has 3 aromatic rings. The Labute approximate surface area is 208 Å². The summed E-state index contributed by atoms with van der Waals surface area (Å²) >= 11 is 6.12. The molecule has 6 rings (SSSR count). The van der Waals surface area contributed by atoms with Gasteiger partial charge in [-0.25, -0.2) is 14.1 Å². The van der Waals surface area contributed by atoms with Gasteiger partial charge in [0.2, 0.25) is 11.8 Å². The Morgan fingerprint density at radius 2 is 2.00 bits per heavy atom. The molecule has 2 aliphatic heterocycles. The second-order valence-corrected chi connectivity index (χ2v) is 9.99. The Morgan fingerprint density at radius 3 is 2.77 bits per heavy atom. The highest BCUT2D eigenvalue weighted by atomic mass is 35.5. The van der Waals surface area contributed by atoms with E-state index in [4.69, 9.17) is 31.2 Å².